The van der Waals surface area contributed by atoms with Crippen molar-refractivity contribution in [1.29, 1.82) is 0 Å². The number of hydrogen-bond donors (Lipinski definition) is 1. The molecule has 1 saturated heterocycles. The fourth-order valence-corrected chi connectivity index (χ4v) is 4.06. The van der Waals surface area contributed by atoms with Crippen LogP contribution in [0.5, 0.6) is 0 Å². The van der Waals surface area contributed by atoms with E-state index in [-0.39, 0.29) is 0 Å². The van der Waals surface area contributed by atoms with Crippen molar-refractivity contribution in [2.75, 3.05) is 18.0 Å². The number of nitrogens with zero attached hydrogens (tertiary/aromatic N) is 2. The maximum absolute atomic E-state index is 11.2. The van der Waals surface area contributed by atoms with E-state index in [2.05, 4.69) is 23.7 Å². The highest BCUT2D eigenvalue weighted by atomic mass is 32.1. The molecular formula is C15H24N2O2S. The predicted octanol–water partition coefficient (Wildman–Crippen LogP) is 3.81. The molecule has 0 saturated carbocycles. The van der Waals surface area contributed by atoms with Gasteiger partial charge in [-0.15, -0.1) is 0 Å². The molecule has 0 unspecified atom stereocenters. The van der Waals surface area contributed by atoms with Crippen LogP contribution in [0, 0.1) is 5.41 Å². The van der Waals surface area contributed by atoms with E-state index in [0.29, 0.717) is 16.7 Å². The Balaban J connectivity index is 2.13. The van der Waals surface area contributed by atoms with Gasteiger partial charge in [0.2, 0.25) is 0 Å². The highest BCUT2D eigenvalue weighted by Gasteiger charge is 2.32. The molecule has 1 aromatic rings. The van der Waals surface area contributed by atoms with E-state index in [1.165, 1.54) is 37.0 Å². The van der Waals surface area contributed by atoms with Gasteiger partial charge in [-0.25, -0.2) is 9.78 Å². The fourth-order valence-electron chi connectivity index (χ4n) is 3.01. The lowest BCUT2D eigenvalue weighted by molar-refractivity contribution is 0.0701. The second kappa shape index (κ2) is 6.12. The summed E-state index contributed by atoms with van der Waals surface area (Å²) in [4.78, 5) is 18.4. The molecule has 0 aromatic carbocycles. The summed E-state index contributed by atoms with van der Waals surface area (Å²) in [5.74, 6) is -0.848. The van der Waals surface area contributed by atoms with Crippen LogP contribution in [0.1, 0.15) is 61.8 Å². The number of aromatic carboxylic acids is 1. The van der Waals surface area contributed by atoms with E-state index >= 15 is 0 Å². The molecule has 0 aliphatic carbocycles. The Labute approximate surface area is 124 Å². The van der Waals surface area contributed by atoms with Crippen LogP contribution in [0.2, 0.25) is 0 Å². The van der Waals surface area contributed by atoms with Crippen LogP contribution in [0.3, 0.4) is 0 Å². The van der Waals surface area contributed by atoms with E-state index < -0.39 is 5.97 Å². The summed E-state index contributed by atoms with van der Waals surface area (Å²) in [7, 11) is 0. The number of rotatable bonds is 5. The molecule has 1 aromatic heterocycles. The average molecular weight is 296 g/mol. The van der Waals surface area contributed by atoms with Crippen LogP contribution >= 0.6 is 11.3 Å². The minimum Gasteiger partial charge on any atom is -0.477 e. The Kier molecular flexibility index (Phi) is 4.68. The Bertz CT molecular complexity index is 470. The molecule has 0 spiro atoms. The first-order valence-corrected chi connectivity index (χ1v) is 8.34. The third-order valence-corrected chi connectivity index (χ3v) is 5.96. The maximum atomic E-state index is 11.2. The summed E-state index contributed by atoms with van der Waals surface area (Å²) in [5.41, 5.74) is 1.21. The number of piperidine rings is 1. The number of carboxylic acid groups (broad SMARTS) is 1. The SMILES string of the molecule is CCc1nc(N2CCC(CC)(CC)CC2)sc1C(=O)O. The molecule has 1 N–H and O–H groups in total. The summed E-state index contributed by atoms with van der Waals surface area (Å²) in [6.07, 6.45) is 5.51. The first kappa shape index (κ1) is 15.3. The van der Waals surface area contributed by atoms with E-state index in [0.717, 1.165) is 23.9 Å². The van der Waals surface area contributed by atoms with Crippen LogP contribution in [-0.2, 0) is 6.42 Å². The normalized spacial score (nSPS) is 18.2. The van der Waals surface area contributed by atoms with Crippen LogP contribution in [-0.4, -0.2) is 29.1 Å². The minimum atomic E-state index is -0.848. The first-order valence-electron chi connectivity index (χ1n) is 7.53. The van der Waals surface area contributed by atoms with Crippen molar-refractivity contribution < 1.29 is 9.90 Å². The lowest BCUT2D eigenvalue weighted by Gasteiger charge is -2.40. The monoisotopic (exact) mass is 296 g/mol. The number of carboxylic acids is 1. The van der Waals surface area contributed by atoms with Gasteiger partial charge in [-0.3, -0.25) is 0 Å². The highest BCUT2D eigenvalue weighted by molar-refractivity contribution is 7.17. The molecule has 0 bridgehead atoms. The van der Waals surface area contributed by atoms with E-state index in [1.807, 2.05) is 6.92 Å². The number of anilines is 1. The third kappa shape index (κ3) is 2.82. The Hall–Kier alpha value is -1.10. The molecule has 0 radical (unpaired) electrons. The molecule has 4 nitrogen and oxygen atoms in total. The molecule has 1 aliphatic heterocycles. The Morgan fingerprint density at radius 3 is 2.30 bits per heavy atom. The van der Waals surface area contributed by atoms with Gasteiger partial charge in [-0.1, -0.05) is 44.9 Å². The van der Waals surface area contributed by atoms with E-state index in [9.17, 15) is 9.90 Å². The van der Waals surface area contributed by atoms with Crippen LogP contribution < -0.4 is 4.90 Å². The lowest BCUT2D eigenvalue weighted by atomic mass is 9.74. The molecule has 1 aliphatic rings. The quantitative estimate of drug-likeness (QED) is 0.897. The van der Waals surface area contributed by atoms with E-state index in [1.54, 1.807) is 0 Å². The molecule has 2 heterocycles. The van der Waals surface area contributed by atoms with Gasteiger partial charge in [-0.05, 0) is 24.7 Å². The zero-order chi connectivity index (χ0) is 14.8. The Morgan fingerprint density at radius 2 is 1.90 bits per heavy atom. The van der Waals surface area contributed by atoms with Crippen molar-refractivity contribution in [3.8, 4) is 0 Å². The summed E-state index contributed by atoms with van der Waals surface area (Å²) in [6.45, 7) is 8.51. The fraction of sp³-hybridized carbons (Fsp3) is 0.733. The van der Waals surface area contributed by atoms with Crippen LogP contribution in [0.4, 0.5) is 5.13 Å². The standard InChI is InChI=1S/C15H24N2O2S/c1-4-11-12(13(18)19)20-14(16-11)17-9-7-15(5-2,6-3)8-10-17/h4-10H2,1-3H3,(H,18,19). The van der Waals surface area contributed by atoms with Crippen LogP contribution in [0.15, 0.2) is 0 Å². The molecule has 0 amide bonds. The van der Waals surface area contributed by atoms with Gasteiger partial charge < -0.3 is 10.0 Å². The number of hydrogen-bond acceptors (Lipinski definition) is 4. The number of aromatic nitrogens is 1. The number of aryl methyl sites for hydroxylation is 1. The summed E-state index contributed by atoms with van der Waals surface area (Å²) < 4.78 is 0. The smallest absolute Gasteiger partial charge is 0.347 e. The van der Waals surface area contributed by atoms with Gasteiger partial charge in [0.25, 0.3) is 0 Å². The van der Waals surface area contributed by atoms with Gasteiger partial charge in [0, 0.05) is 13.1 Å². The van der Waals surface area contributed by atoms with Crippen molar-refractivity contribution in [3.63, 3.8) is 0 Å². The largest absolute Gasteiger partial charge is 0.477 e. The maximum Gasteiger partial charge on any atom is 0.347 e. The second-order valence-corrected chi connectivity index (χ2v) is 6.60. The molecule has 112 valence electrons. The molecule has 1 fully saturated rings. The minimum absolute atomic E-state index is 0.408. The number of carbonyl (C=O) groups is 1. The molecular weight excluding hydrogens is 272 g/mol. The zero-order valence-corrected chi connectivity index (χ0v) is 13.4. The van der Waals surface area contributed by atoms with Crippen molar-refractivity contribution >= 4 is 22.4 Å². The highest BCUT2D eigenvalue weighted by Crippen LogP contribution is 2.40. The van der Waals surface area contributed by atoms with Gasteiger partial charge in [0.05, 0.1) is 5.69 Å². The molecule has 5 heteroatoms. The second-order valence-electron chi connectivity index (χ2n) is 5.63. The van der Waals surface area contributed by atoms with Crippen LogP contribution in [0.25, 0.3) is 0 Å². The lowest BCUT2D eigenvalue weighted by Crippen LogP contribution is -2.39. The zero-order valence-electron chi connectivity index (χ0n) is 12.6. The third-order valence-electron chi connectivity index (χ3n) is 4.81. The van der Waals surface area contributed by atoms with Crippen molar-refractivity contribution in [3.05, 3.63) is 10.6 Å². The predicted molar refractivity (Wildman–Crippen MR) is 82.9 cm³/mol. The van der Waals surface area contributed by atoms with Gasteiger partial charge in [0.1, 0.15) is 4.88 Å². The van der Waals surface area contributed by atoms with Crippen molar-refractivity contribution in [2.45, 2.75) is 52.9 Å². The molecule has 20 heavy (non-hydrogen) atoms. The Morgan fingerprint density at radius 1 is 1.30 bits per heavy atom. The topological polar surface area (TPSA) is 53.4 Å². The molecule has 2 rings (SSSR count). The van der Waals surface area contributed by atoms with E-state index in [4.69, 9.17) is 0 Å². The van der Waals surface area contributed by atoms with Gasteiger partial charge in [-0.2, -0.15) is 0 Å². The number of thiazole rings is 1. The summed E-state index contributed by atoms with van der Waals surface area (Å²) in [6, 6.07) is 0. The first-order chi connectivity index (χ1) is 9.55. The van der Waals surface area contributed by atoms with Crippen molar-refractivity contribution in [1.82, 2.24) is 4.98 Å². The van der Waals surface area contributed by atoms with Gasteiger partial charge in [0.15, 0.2) is 5.13 Å². The average Bonchev–Trinajstić information content (AvgIpc) is 2.92. The molecule has 0 atom stereocenters. The van der Waals surface area contributed by atoms with Gasteiger partial charge >= 0.3 is 5.97 Å². The summed E-state index contributed by atoms with van der Waals surface area (Å²) >= 11 is 1.33. The summed E-state index contributed by atoms with van der Waals surface area (Å²) in [5, 5.41) is 10.1. The van der Waals surface area contributed by atoms with Crippen molar-refractivity contribution in [2.24, 2.45) is 5.41 Å².